The van der Waals surface area contributed by atoms with Crippen LogP contribution in [0.25, 0.3) is 0 Å². The van der Waals surface area contributed by atoms with E-state index in [4.69, 9.17) is 23.2 Å². The number of para-hydroxylation sites is 1. The molecule has 126 valence electrons. The van der Waals surface area contributed by atoms with Crippen molar-refractivity contribution < 1.29 is 9.18 Å². The van der Waals surface area contributed by atoms with Gasteiger partial charge in [0.15, 0.2) is 0 Å². The second-order valence-electron chi connectivity index (χ2n) is 5.11. The molecule has 1 amide bonds. The van der Waals surface area contributed by atoms with E-state index < -0.39 is 5.91 Å². The summed E-state index contributed by atoms with van der Waals surface area (Å²) in [4.78, 5) is 16.3. The van der Waals surface area contributed by atoms with Gasteiger partial charge >= 0.3 is 0 Å². The molecule has 0 aliphatic carbocycles. The van der Waals surface area contributed by atoms with Crippen LogP contribution in [0, 0.1) is 5.82 Å². The minimum atomic E-state index is -0.416. The molecule has 0 saturated carbocycles. The van der Waals surface area contributed by atoms with Crippen molar-refractivity contribution >= 4 is 46.2 Å². The quantitative estimate of drug-likeness (QED) is 0.630. The van der Waals surface area contributed by atoms with E-state index in [0.717, 1.165) is 0 Å². The first kappa shape index (κ1) is 17.2. The summed E-state index contributed by atoms with van der Waals surface area (Å²) in [5, 5.41) is 6.64. The van der Waals surface area contributed by atoms with Gasteiger partial charge in [-0.2, -0.15) is 0 Å². The van der Waals surface area contributed by atoms with Crippen LogP contribution in [0.15, 0.2) is 60.8 Å². The molecule has 0 atom stereocenters. The van der Waals surface area contributed by atoms with E-state index in [1.165, 1.54) is 30.5 Å². The number of halogens is 3. The molecular formula is C18H12Cl2FN3O. The Labute approximate surface area is 153 Å². The fourth-order valence-corrected chi connectivity index (χ4v) is 2.61. The Balaban J connectivity index is 1.79. The highest BCUT2D eigenvalue weighted by Gasteiger charge is 2.11. The summed E-state index contributed by atoms with van der Waals surface area (Å²) in [5.74, 6) is -0.792. The maximum absolute atomic E-state index is 12.9. The van der Waals surface area contributed by atoms with Crippen LogP contribution in [0.5, 0.6) is 0 Å². The van der Waals surface area contributed by atoms with Crippen molar-refractivity contribution in [3.63, 3.8) is 0 Å². The van der Waals surface area contributed by atoms with Crippen molar-refractivity contribution in [2.24, 2.45) is 0 Å². The van der Waals surface area contributed by atoms with Crippen molar-refractivity contribution in [2.75, 3.05) is 10.6 Å². The van der Waals surface area contributed by atoms with Gasteiger partial charge in [-0.05, 0) is 48.5 Å². The molecule has 1 aromatic heterocycles. The van der Waals surface area contributed by atoms with Crippen LogP contribution < -0.4 is 10.6 Å². The summed E-state index contributed by atoms with van der Waals surface area (Å²) in [6, 6.07) is 13.9. The number of pyridine rings is 1. The molecule has 25 heavy (non-hydrogen) atoms. The highest BCUT2D eigenvalue weighted by atomic mass is 35.5. The summed E-state index contributed by atoms with van der Waals surface area (Å²) in [7, 11) is 0. The molecule has 3 rings (SSSR count). The van der Waals surface area contributed by atoms with Crippen molar-refractivity contribution in [1.29, 1.82) is 0 Å². The normalized spacial score (nSPS) is 10.4. The number of anilines is 3. The van der Waals surface area contributed by atoms with E-state index in [1.54, 1.807) is 30.3 Å². The topological polar surface area (TPSA) is 54.0 Å². The molecule has 0 radical (unpaired) electrons. The highest BCUT2D eigenvalue weighted by molar-refractivity contribution is 6.39. The Hall–Kier alpha value is -2.63. The van der Waals surface area contributed by atoms with Gasteiger partial charge in [-0.15, -0.1) is 0 Å². The average molecular weight is 376 g/mol. The Kier molecular flexibility index (Phi) is 5.16. The Bertz CT molecular complexity index is 896. The largest absolute Gasteiger partial charge is 0.353 e. The standard InChI is InChI=1S/C18H12Cl2FN3O/c19-14-2-1-3-15(20)17(14)23-13-8-9-22-16(10-13)18(25)24-12-6-4-11(21)5-7-12/h1-10H,(H,22,23)(H,24,25). The third-order valence-corrected chi connectivity index (χ3v) is 3.96. The van der Waals surface area contributed by atoms with Crippen molar-refractivity contribution in [2.45, 2.75) is 0 Å². The van der Waals surface area contributed by atoms with Gasteiger partial charge in [0.25, 0.3) is 5.91 Å². The number of benzene rings is 2. The van der Waals surface area contributed by atoms with E-state index in [-0.39, 0.29) is 11.5 Å². The molecule has 0 bridgehead atoms. The minimum absolute atomic E-state index is 0.192. The number of nitrogens with one attached hydrogen (secondary N) is 2. The molecule has 0 aliphatic heterocycles. The first-order valence-corrected chi connectivity index (χ1v) is 8.02. The van der Waals surface area contributed by atoms with Crippen LogP contribution in [-0.2, 0) is 0 Å². The smallest absolute Gasteiger partial charge is 0.274 e. The lowest BCUT2D eigenvalue weighted by atomic mass is 10.2. The van der Waals surface area contributed by atoms with E-state index in [0.29, 0.717) is 27.1 Å². The second-order valence-corrected chi connectivity index (χ2v) is 5.93. The van der Waals surface area contributed by atoms with Crippen LogP contribution in [-0.4, -0.2) is 10.9 Å². The zero-order valence-corrected chi connectivity index (χ0v) is 14.3. The highest BCUT2D eigenvalue weighted by Crippen LogP contribution is 2.32. The number of carbonyl (C=O) groups is 1. The third kappa shape index (κ3) is 4.26. The molecule has 4 nitrogen and oxygen atoms in total. The summed E-state index contributed by atoms with van der Waals surface area (Å²) < 4.78 is 12.9. The van der Waals surface area contributed by atoms with E-state index >= 15 is 0 Å². The summed E-state index contributed by atoms with van der Waals surface area (Å²) in [6.07, 6.45) is 1.49. The molecule has 2 aromatic carbocycles. The van der Waals surface area contributed by atoms with Crippen LogP contribution in [0.3, 0.4) is 0 Å². The molecule has 3 aromatic rings. The number of nitrogens with zero attached hydrogens (tertiary/aromatic N) is 1. The molecular weight excluding hydrogens is 364 g/mol. The maximum Gasteiger partial charge on any atom is 0.274 e. The lowest BCUT2D eigenvalue weighted by Gasteiger charge is -2.11. The molecule has 0 spiro atoms. The molecule has 0 saturated heterocycles. The van der Waals surface area contributed by atoms with Gasteiger partial charge in [0.1, 0.15) is 11.5 Å². The number of hydrogen-bond acceptors (Lipinski definition) is 3. The van der Waals surface area contributed by atoms with Gasteiger partial charge in [-0.25, -0.2) is 4.39 Å². The van der Waals surface area contributed by atoms with E-state index in [1.807, 2.05) is 0 Å². The Morgan fingerprint density at radius 1 is 0.960 bits per heavy atom. The third-order valence-electron chi connectivity index (χ3n) is 3.33. The van der Waals surface area contributed by atoms with Crippen LogP contribution in [0.2, 0.25) is 10.0 Å². The molecule has 0 unspecified atom stereocenters. The Morgan fingerprint density at radius 3 is 2.32 bits per heavy atom. The predicted octanol–water partition coefficient (Wildman–Crippen LogP) is 5.52. The van der Waals surface area contributed by atoms with E-state index in [2.05, 4.69) is 15.6 Å². The van der Waals surface area contributed by atoms with Crippen molar-refractivity contribution in [3.05, 3.63) is 82.4 Å². The summed E-state index contributed by atoms with van der Waals surface area (Å²) >= 11 is 12.3. The number of carbonyl (C=O) groups excluding carboxylic acids is 1. The number of aromatic nitrogens is 1. The van der Waals surface area contributed by atoms with Crippen LogP contribution in [0.4, 0.5) is 21.5 Å². The molecule has 1 heterocycles. The van der Waals surface area contributed by atoms with Gasteiger partial charge in [0, 0.05) is 17.6 Å². The summed E-state index contributed by atoms with van der Waals surface area (Å²) in [6.45, 7) is 0. The van der Waals surface area contributed by atoms with Gasteiger partial charge < -0.3 is 10.6 Å². The van der Waals surface area contributed by atoms with Gasteiger partial charge in [-0.3, -0.25) is 9.78 Å². The number of rotatable bonds is 4. The average Bonchev–Trinajstić information content (AvgIpc) is 2.60. The van der Waals surface area contributed by atoms with Crippen LogP contribution in [0.1, 0.15) is 10.5 Å². The Morgan fingerprint density at radius 2 is 1.64 bits per heavy atom. The predicted molar refractivity (Wildman–Crippen MR) is 98.3 cm³/mol. The zero-order valence-electron chi connectivity index (χ0n) is 12.8. The zero-order chi connectivity index (χ0) is 17.8. The first-order chi connectivity index (χ1) is 12.0. The fraction of sp³-hybridized carbons (Fsp3) is 0. The summed E-state index contributed by atoms with van der Waals surface area (Å²) in [5.41, 5.74) is 1.81. The van der Waals surface area contributed by atoms with Gasteiger partial charge in [0.2, 0.25) is 0 Å². The monoisotopic (exact) mass is 375 g/mol. The molecule has 2 N–H and O–H groups in total. The van der Waals surface area contributed by atoms with Crippen molar-refractivity contribution in [1.82, 2.24) is 4.98 Å². The van der Waals surface area contributed by atoms with Crippen molar-refractivity contribution in [3.8, 4) is 0 Å². The van der Waals surface area contributed by atoms with Gasteiger partial charge in [-0.1, -0.05) is 29.3 Å². The lowest BCUT2D eigenvalue weighted by molar-refractivity contribution is 0.102. The molecule has 0 aliphatic rings. The second kappa shape index (κ2) is 7.51. The van der Waals surface area contributed by atoms with E-state index in [9.17, 15) is 9.18 Å². The SMILES string of the molecule is O=C(Nc1ccc(F)cc1)c1cc(Nc2c(Cl)cccc2Cl)ccn1. The molecule has 0 fully saturated rings. The lowest BCUT2D eigenvalue weighted by Crippen LogP contribution is -2.13. The number of hydrogen-bond donors (Lipinski definition) is 2. The first-order valence-electron chi connectivity index (χ1n) is 7.27. The maximum atomic E-state index is 12.9. The molecule has 7 heteroatoms. The number of amides is 1. The fourth-order valence-electron chi connectivity index (χ4n) is 2.12. The minimum Gasteiger partial charge on any atom is -0.353 e. The van der Waals surface area contributed by atoms with Crippen LogP contribution >= 0.6 is 23.2 Å². The van der Waals surface area contributed by atoms with Gasteiger partial charge in [0.05, 0.1) is 15.7 Å².